The Kier molecular flexibility index (Phi) is 4.27. The van der Waals surface area contributed by atoms with Crippen LogP contribution in [0.5, 0.6) is 11.5 Å². The molecule has 0 N–H and O–H groups in total. The molecular formula is C20H20N4O3. The number of benzene rings is 1. The zero-order valence-corrected chi connectivity index (χ0v) is 15.4. The molecule has 1 aliphatic rings. The van der Waals surface area contributed by atoms with E-state index in [9.17, 15) is 4.79 Å². The number of methoxy groups -OCH3 is 1. The van der Waals surface area contributed by atoms with Gasteiger partial charge in [0, 0.05) is 12.3 Å². The molecule has 0 bridgehead atoms. The second-order valence-electron chi connectivity index (χ2n) is 6.42. The molecule has 27 heavy (non-hydrogen) atoms. The lowest BCUT2D eigenvalue weighted by Gasteiger charge is -2.33. The highest BCUT2D eigenvalue weighted by atomic mass is 16.5. The quantitative estimate of drug-likeness (QED) is 0.715. The molecule has 1 aromatic carbocycles. The monoisotopic (exact) mass is 364 g/mol. The van der Waals surface area contributed by atoms with Gasteiger partial charge in [0.05, 0.1) is 36.8 Å². The van der Waals surface area contributed by atoms with Crippen molar-refractivity contribution in [1.29, 1.82) is 0 Å². The minimum absolute atomic E-state index is 0.110. The molecule has 138 valence electrons. The third kappa shape index (κ3) is 3.01. The predicted molar refractivity (Wildman–Crippen MR) is 101 cm³/mol. The van der Waals surface area contributed by atoms with Crippen LogP contribution in [0.1, 0.15) is 23.0 Å². The van der Waals surface area contributed by atoms with Crippen molar-refractivity contribution in [2.24, 2.45) is 0 Å². The molecule has 7 nitrogen and oxygen atoms in total. The minimum atomic E-state index is -0.126. The summed E-state index contributed by atoms with van der Waals surface area (Å²) in [6.07, 6.45) is 3.18. The third-order valence-electron chi connectivity index (χ3n) is 4.58. The second-order valence-corrected chi connectivity index (χ2v) is 6.42. The zero-order chi connectivity index (χ0) is 19.0. The SMILES string of the molecule is COc1ccc2c(c1)N(C(=O)c1cnn(-c3ccccn3)c1C)CC(C)O2. The van der Waals surface area contributed by atoms with Crippen LogP contribution in [0.25, 0.3) is 5.82 Å². The molecule has 1 atom stereocenters. The van der Waals surface area contributed by atoms with E-state index >= 15 is 0 Å². The normalized spacial score (nSPS) is 15.8. The summed E-state index contributed by atoms with van der Waals surface area (Å²) in [5.74, 6) is 1.88. The standard InChI is InChI=1S/C20H20N4O3/c1-13-12-23(17-10-15(26-3)7-8-18(17)27-13)20(25)16-11-22-24(14(16)2)19-6-4-5-9-21-19/h4-11,13H,12H2,1-3H3. The first kappa shape index (κ1) is 17.1. The Labute approximate surface area is 157 Å². The molecule has 1 amide bonds. The van der Waals surface area contributed by atoms with Gasteiger partial charge in [-0.25, -0.2) is 9.67 Å². The fourth-order valence-corrected chi connectivity index (χ4v) is 3.21. The molecule has 0 saturated carbocycles. The Hall–Kier alpha value is -3.35. The van der Waals surface area contributed by atoms with Gasteiger partial charge < -0.3 is 14.4 Å². The summed E-state index contributed by atoms with van der Waals surface area (Å²) in [5.41, 5.74) is 1.97. The number of anilines is 1. The van der Waals surface area contributed by atoms with Gasteiger partial charge in [-0.05, 0) is 38.1 Å². The minimum Gasteiger partial charge on any atom is -0.497 e. The maximum absolute atomic E-state index is 13.3. The van der Waals surface area contributed by atoms with E-state index in [1.54, 1.807) is 29.1 Å². The first-order valence-corrected chi connectivity index (χ1v) is 8.71. The molecular weight excluding hydrogens is 344 g/mol. The van der Waals surface area contributed by atoms with Gasteiger partial charge in [-0.1, -0.05) is 6.07 Å². The number of hydrogen-bond acceptors (Lipinski definition) is 5. The van der Waals surface area contributed by atoms with E-state index in [2.05, 4.69) is 10.1 Å². The van der Waals surface area contributed by atoms with E-state index in [0.717, 1.165) is 5.69 Å². The van der Waals surface area contributed by atoms with Gasteiger partial charge in [0.25, 0.3) is 5.91 Å². The highest BCUT2D eigenvalue weighted by Gasteiger charge is 2.30. The van der Waals surface area contributed by atoms with Crippen molar-refractivity contribution in [3.8, 4) is 17.3 Å². The molecule has 7 heteroatoms. The van der Waals surface area contributed by atoms with Crippen LogP contribution < -0.4 is 14.4 Å². The average Bonchev–Trinajstić information content (AvgIpc) is 3.08. The summed E-state index contributed by atoms with van der Waals surface area (Å²) in [7, 11) is 1.60. The van der Waals surface area contributed by atoms with Crippen molar-refractivity contribution < 1.29 is 14.3 Å². The van der Waals surface area contributed by atoms with Crippen LogP contribution in [0.15, 0.2) is 48.8 Å². The number of rotatable bonds is 3. The third-order valence-corrected chi connectivity index (χ3v) is 4.58. The zero-order valence-electron chi connectivity index (χ0n) is 15.4. The molecule has 2 aromatic heterocycles. The number of hydrogen-bond donors (Lipinski definition) is 0. The molecule has 4 rings (SSSR count). The first-order chi connectivity index (χ1) is 13.1. The molecule has 0 fully saturated rings. The van der Waals surface area contributed by atoms with E-state index < -0.39 is 0 Å². The lowest BCUT2D eigenvalue weighted by atomic mass is 10.1. The summed E-state index contributed by atoms with van der Waals surface area (Å²) >= 11 is 0. The molecule has 3 heterocycles. The van der Waals surface area contributed by atoms with Crippen LogP contribution in [0, 0.1) is 6.92 Å². The van der Waals surface area contributed by atoms with Gasteiger partial charge in [-0.2, -0.15) is 5.10 Å². The number of nitrogens with zero attached hydrogens (tertiary/aromatic N) is 4. The Bertz CT molecular complexity index is 984. The van der Waals surface area contributed by atoms with Crippen LogP contribution in [0.4, 0.5) is 5.69 Å². The topological polar surface area (TPSA) is 69.5 Å². The number of ether oxygens (including phenoxy) is 2. The molecule has 0 spiro atoms. The maximum Gasteiger partial charge on any atom is 0.261 e. The van der Waals surface area contributed by atoms with Crippen molar-refractivity contribution in [3.05, 3.63) is 60.0 Å². The number of aromatic nitrogens is 3. The fraction of sp³-hybridized carbons (Fsp3) is 0.250. The Morgan fingerprint density at radius 3 is 2.89 bits per heavy atom. The molecule has 1 unspecified atom stereocenters. The van der Waals surface area contributed by atoms with Gasteiger partial charge in [0.2, 0.25) is 0 Å². The smallest absolute Gasteiger partial charge is 0.261 e. The Balaban J connectivity index is 1.73. The molecule has 3 aromatic rings. The maximum atomic E-state index is 13.3. The van der Waals surface area contributed by atoms with Gasteiger partial charge >= 0.3 is 0 Å². The van der Waals surface area contributed by atoms with Crippen LogP contribution in [-0.4, -0.2) is 40.4 Å². The molecule has 0 radical (unpaired) electrons. The van der Waals surface area contributed by atoms with Gasteiger partial charge in [0.1, 0.15) is 17.6 Å². The van der Waals surface area contributed by atoms with E-state index in [0.29, 0.717) is 35.1 Å². The van der Waals surface area contributed by atoms with Gasteiger partial charge in [-0.15, -0.1) is 0 Å². The summed E-state index contributed by atoms with van der Waals surface area (Å²) in [5, 5.41) is 4.36. The molecule has 1 aliphatic heterocycles. The largest absolute Gasteiger partial charge is 0.497 e. The number of amides is 1. The second kappa shape index (κ2) is 6.75. The first-order valence-electron chi connectivity index (χ1n) is 8.71. The predicted octanol–water partition coefficient (Wildman–Crippen LogP) is 3.01. The Morgan fingerprint density at radius 2 is 2.15 bits per heavy atom. The molecule has 0 aliphatic carbocycles. The fourth-order valence-electron chi connectivity index (χ4n) is 3.21. The Morgan fingerprint density at radius 1 is 1.30 bits per heavy atom. The van der Waals surface area contributed by atoms with Crippen molar-refractivity contribution in [2.75, 3.05) is 18.6 Å². The van der Waals surface area contributed by atoms with Gasteiger partial charge in [0.15, 0.2) is 5.82 Å². The number of pyridine rings is 1. The lowest BCUT2D eigenvalue weighted by Crippen LogP contribution is -2.42. The highest BCUT2D eigenvalue weighted by molar-refractivity contribution is 6.08. The summed E-state index contributed by atoms with van der Waals surface area (Å²) < 4.78 is 12.9. The van der Waals surface area contributed by atoms with Crippen molar-refractivity contribution >= 4 is 11.6 Å². The summed E-state index contributed by atoms with van der Waals surface area (Å²) in [6, 6.07) is 11.0. The number of carbonyl (C=O) groups is 1. The summed E-state index contributed by atoms with van der Waals surface area (Å²) in [4.78, 5) is 19.4. The van der Waals surface area contributed by atoms with Gasteiger partial charge in [-0.3, -0.25) is 4.79 Å². The van der Waals surface area contributed by atoms with Crippen LogP contribution in [-0.2, 0) is 0 Å². The van der Waals surface area contributed by atoms with Crippen LogP contribution >= 0.6 is 0 Å². The van der Waals surface area contributed by atoms with E-state index in [-0.39, 0.29) is 12.0 Å². The van der Waals surface area contributed by atoms with Crippen LogP contribution in [0.2, 0.25) is 0 Å². The number of carbonyl (C=O) groups excluding carboxylic acids is 1. The van der Waals surface area contributed by atoms with E-state index in [1.165, 1.54) is 0 Å². The lowest BCUT2D eigenvalue weighted by molar-refractivity contribution is 0.0960. The van der Waals surface area contributed by atoms with E-state index in [4.69, 9.17) is 9.47 Å². The average molecular weight is 364 g/mol. The highest BCUT2D eigenvalue weighted by Crippen LogP contribution is 2.37. The van der Waals surface area contributed by atoms with Crippen molar-refractivity contribution in [3.63, 3.8) is 0 Å². The summed E-state index contributed by atoms with van der Waals surface area (Å²) in [6.45, 7) is 4.26. The molecule has 0 saturated heterocycles. The number of fused-ring (bicyclic) bond motifs is 1. The van der Waals surface area contributed by atoms with E-state index in [1.807, 2.05) is 50.2 Å². The van der Waals surface area contributed by atoms with Crippen LogP contribution in [0.3, 0.4) is 0 Å². The van der Waals surface area contributed by atoms with Crippen molar-refractivity contribution in [1.82, 2.24) is 14.8 Å². The van der Waals surface area contributed by atoms with Crippen molar-refractivity contribution in [2.45, 2.75) is 20.0 Å².